The number of alkyl halides is 2. The summed E-state index contributed by atoms with van der Waals surface area (Å²) in [4.78, 5) is 18.7. The van der Waals surface area contributed by atoms with Crippen molar-refractivity contribution in [3.8, 4) is 5.69 Å². The monoisotopic (exact) mass is 611 g/mol. The fourth-order valence-electron chi connectivity index (χ4n) is 6.86. The summed E-state index contributed by atoms with van der Waals surface area (Å²) in [6.45, 7) is 0.549. The Balaban J connectivity index is 1.37. The number of aromatic nitrogens is 3. The Kier molecular flexibility index (Phi) is 6.49. The minimum absolute atomic E-state index is 0.0253. The second-order valence-corrected chi connectivity index (χ2v) is 13.5. The lowest BCUT2D eigenvalue weighted by Gasteiger charge is -2.49. The number of allylic oxidation sites excluding steroid dienone is 1. The summed E-state index contributed by atoms with van der Waals surface area (Å²) < 4.78 is 64.4. The van der Waals surface area contributed by atoms with E-state index in [9.17, 15) is 13.4 Å². The molecule has 0 radical (unpaired) electrons. The van der Waals surface area contributed by atoms with E-state index in [4.69, 9.17) is 11.6 Å². The topological polar surface area (TPSA) is 115 Å². The van der Waals surface area contributed by atoms with Gasteiger partial charge in [0.2, 0.25) is 0 Å². The summed E-state index contributed by atoms with van der Waals surface area (Å²) in [6.07, 6.45) is 7.97. The molecule has 7 rings (SSSR count). The number of Topliss-reactive ketones (excluding diaryl/α,β-unsaturated/α-hetero) is 1. The molecule has 2 aromatic heterocycles. The molecule has 3 unspecified atom stereocenters. The van der Waals surface area contributed by atoms with Crippen LogP contribution in [-0.4, -0.2) is 53.3 Å². The van der Waals surface area contributed by atoms with Crippen LogP contribution in [0.4, 0.5) is 13.2 Å². The van der Waals surface area contributed by atoms with Gasteiger partial charge in [-0.2, -0.15) is 8.78 Å². The summed E-state index contributed by atoms with van der Waals surface area (Å²) in [5, 5.41) is 1.35. The van der Waals surface area contributed by atoms with Gasteiger partial charge in [0.25, 0.3) is 0 Å². The van der Waals surface area contributed by atoms with Crippen molar-refractivity contribution < 1.29 is 22.2 Å². The average molecular weight is 612 g/mol. The first-order chi connectivity index (χ1) is 20.5. The summed E-state index contributed by atoms with van der Waals surface area (Å²) in [5.74, 6) is 5.33. The van der Waals surface area contributed by atoms with E-state index in [2.05, 4.69) is 4.98 Å². The quantitative estimate of drug-likeness (QED) is 0.308. The number of carbonyl (C=O) groups excluding carboxylic acids is 1. The Labute approximate surface area is 249 Å². The molecule has 9 nitrogen and oxygen atoms in total. The maximum absolute atomic E-state index is 16.3. The van der Waals surface area contributed by atoms with Gasteiger partial charge in [-0.15, -0.1) is 0 Å². The number of hydrazine groups is 1. The van der Waals surface area contributed by atoms with Crippen molar-refractivity contribution in [2.24, 2.45) is 22.9 Å². The van der Waals surface area contributed by atoms with Crippen molar-refractivity contribution in [3.63, 3.8) is 0 Å². The van der Waals surface area contributed by atoms with Crippen molar-refractivity contribution in [1.29, 1.82) is 0 Å². The smallest absolute Gasteiger partial charge is 0.369 e. The van der Waals surface area contributed by atoms with Gasteiger partial charge in [0.1, 0.15) is 27.5 Å². The number of benzene rings is 1. The van der Waals surface area contributed by atoms with E-state index in [0.717, 1.165) is 23.1 Å². The third kappa shape index (κ3) is 4.47. The number of hydrogen-bond acceptors (Lipinski definition) is 6. The lowest BCUT2D eigenvalue weighted by Crippen LogP contribution is -2.52. The SMILES string of the molecule is CN(N)/C=C(\N)S(=O)N(CC1CC1)C1CCC2=Cc3c4n(n3-c3ccc(F)cc3)C(F)(F)c3ccnc(c3)C(=O)C2(C4)C1. The zero-order valence-electron chi connectivity index (χ0n) is 23.6. The second kappa shape index (κ2) is 9.93. The predicted octanol–water partition coefficient (Wildman–Crippen LogP) is 4.02. The highest BCUT2D eigenvalue weighted by Crippen LogP contribution is 2.54. The van der Waals surface area contributed by atoms with Crippen LogP contribution in [0.3, 0.4) is 0 Å². The number of fused-ring (bicyclic) bond motifs is 2. The van der Waals surface area contributed by atoms with E-state index in [-0.39, 0.29) is 41.0 Å². The zero-order chi connectivity index (χ0) is 30.3. The maximum Gasteiger partial charge on any atom is 0.369 e. The summed E-state index contributed by atoms with van der Waals surface area (Å²) in [6, 6.07) is 3.98. The molecule has 3 atom stereocenters. The Morgan fingerprint density at radius 1 is 1.21 bits per heavy atom. The molecule has 3 aromatic rings. The lowest BCUT2D eigenvalue weighted by molar-refractivity contribution is -0.0657. The number of ketones is 1. The molecule has 4 N–H and O–H groups in total. The van der Waals surface area contributed by atoms with E-state index in [1.807, 2.05) is 10.4 Å². The van der Waals surface area contributed by atoms with E-state index in [1.54, 1.807) is 7.05 Å². The zero-order valence-corrected chi connectivity index (χ0v) is 24.4. The molecule has 13 heteroatoms. The Hall–Kier alpha value is -3.68. The Bertz CT molecular complexity index is 1710. The molecule has 3 heterocycles. The molecule has 2 fully saturated rings. The van der Waals surface area contributed by atoms with Crippen molar-refractivity contribution in [2.75, 3.05) is 13.6 Å². The van der Waals surface area contributed by atoms with Crippen molar-refractivity contribution >= 4 is 22.8 Å². The van der Waals surface area contributed by atoms with Crippen LogP contribution in [0.25, 0.3) is 11.8 Å². The van der Waals surface area contributed by atoms with Crippen molar-refractivity contribution in [1.82, 2.24) is 23.7 Å². The van der Waals surface area contributed by atoms with Crippen LogP contribution in [0.2, 0.25) is 0 Å². The van der Waals surface area contributed by atoms with Gasteiger partial charge in [0.15, 0.2) is 5.78 Å². The highest BCUT2D eigenvalue weighted by atomic mass is 32.2. The highest BCUT2D eigenvalue weighted by molar-refractivity contribution is 7.86. The number of nitrogens with two attached hydrogens (primary N) is 2. The number of hydrogen-bond donors (Lipinski definition) is 2. The molecule has 0 saturated heterocycles. The second-order valence-electron chi connectivity index (χ2n) is 12.0. The highest BCUT2D eigenvalue weighted by Gasteiger charge is 2.55. The average Bonchev–Trinajstić information content (AvgIpc) is 3.80. The standard InChI is InChI=1S/C30H32F3N7O2S/c1-37(35)17-27(34)43(42)38(16-18-2-3-18)23-7-4-19-13-25-26-15-29(19,14-23)28(41)24-12-20(10-11-36-24)30(32,33)40(26)39(25)22-8-5-21(31)6-9-22/h5-6,8-13,17-18,23H,2-4,7,14-16,34-35H2,1H3/b27-17+. The first kappa shape index (κ1) is 28.1. The van der Waals surface area contributed by atoms with Crippen LogP contribution >= 0.6 is 0 Å². The predicted molar refractivity (Wildman–Crippen MR) is 155 cm³/mol. The molecule has 226 valence electrons. The van der Waals surface area contributed by atoms with Gasteiger partial charge in [-0.1, -0.05) is 5.57 Å². The summed E-state index contributed by atoms with van der Waals surface area (Å²) in [7, 11) is -0.121. The van der Waals surface area contributed by atoms with Gasteiger partial charge in [0.05, 0.1) is 22.5 Å². The maximum atomic E-state index is 16.3. The summed E-state index contributed by atoms with van der Waals surface area (Å²) in [5.41, 5.74) is 6.77. The van der Waals surface area contributed by atoms with Crippen LogP contribution in [0, 0.1) is 17.2 Å². The molecule has 4 aliphatic rings. The number of nitrogens with zero attached hydrogens (tertiary/aromatic N) is 5. The van der Waals surface area contributed by atoms with Crippen LogP contribution in [-0.2, 0) is 23.5 Å². The first-order valence-electron chi connectivity index (χ1n) is 14.3. The normalized spacial score (nSPS) is 25.0. The van der Waals surface area contributed by atoms with E-state index in [0.29, 0.717) is 42.4 Å². The largest absolute Gasteiger partial charge is 0.389 e. The van der Waals surface area contributed by atoms with Crippen LogP contribution in [0.5, 0.6) is 0 Å². The number of rotatable bonds is 7. The molecule has 2 saturated carbocycles. The summed E-state index contributed by atoms with van der Waals surface area (Å²) >= 11 is 0. The van der Waals surface area contributed by atoms with Gasteiger partial charge in [-0.3, -0.25) is 9.78 Å². The Morgan fingerprint density at radius 2 is 1.95 bits per heavy atom. The molecule has 4 bridgehead atoms. The van der Waals surface area contributed by atoms with E-state index < -0.39 is 28.3 Å². The van der Waals surface area contributed by atoms with Gasteiger partial charge >= 0.3 is 6.05 Å². The molecule has 43 heavy (non-hydrogen) atoms. The van der Waals surface area contributed by atoms with Crippen LogP contribution < -0.4 is 11.6 Å². The molecule has 0 amide bonds. The molecule has 1 aliphatic heterocycles. The van der Waals surface area contributed by atoms with Crippen LogP contribution in [0.1, 0.15) is 59.5 Å². The van der Waals surface area contributed by atoms with Gasteiger partial charge in [0, 0.05) is 44.0 Å². The molecule has 1 spiro atoms. The third-order valence-corrected chi connectivity index (χ3v) is 10.5. The van der Waals surface area contributed by atoms with E-state index >= 15 is 8.78 Å². The lowest BCUT2D eigenvalue weighted by atomic mass is 9.60. The molecule has 3 aliphatic carbocycles. The fraction of sp³-hybridized carbons (Fsp3) is 0.400. The van der Waals surface area contributed by atoms with Crippen LogP contribution in [0.15, 0.2) is 59.4 Å². The van der Waals surface area contributed by atoms with Crippen molar-refractivity contribution in [3.05, 3.63) is 87.9 Å². The molecule has 1 aromatic carbocycles. The van der Waals surface area contributed by atoms with E-state index in [1.165, 1.54) is 58.5 Å². The molecular formula is C30H32F3N7O2S. The third-order valence-electron chi connectivity index (χ3n) is 9.10. The van der Waals surface area contributed by atoms with Gasteiger partial charge < -0.3 is 10.7 Å². The fourth-order valence-corrected chi connectivity index (χ4v) is 8.19. The van der Waals surface area contributed by atoms with Gasteiger partial charge in [-0.05, 0) is 80.5 Å². The Morgan fingerprint density at radius 3 is 2.65 bits per heavy atom. The number of pyridine rings is 1. The van der Waals surface area contributed by atoms with Gasteiger partial charge in [-0.25, -0.2) is 28.1 Å². The van der Waals surface area contributed by atoms with Crippen molar-refractivity contribution in [2.45, 2.75) is 50.6 Å². The minimum atomic E-state index is -3.51. The number of halogens is 3. The first-order valence-corrected chi connectivity index (χ1v) is 15.4. The number of carbonyl (C=O) groups is 1. The molecular weight excluding hydrogens is 579 g/mol. The minimum Gasteiger partial charge on any atom is -0.389 e.